The molecule has 2 heterocycles. The minimum absolute atomic E-state index is 0.232. The summed E-state index contributed by atoms with van der Waals surface area (Å²) in [6.45, 7) is 0.686. The molecule has 1 aliphatic heterocycles. The van der Waals surface area contributed by atoms with Gasteiger partial charge in [0.05, 0.1) is 6.26 Å². The van der Waals surface area contributed by atoms with Crippen LogP contribution in [0.25, 0.3) is 10.9 Å². The number of carbonyl (C=O) groups is 1. The number of amides is 1. The summed E-state index contributed by atoms with van der Waals surface area (Å²) in [7, 11) is -3.49. The summed E-state index contributed by atoms with van der Waals surface area (Å²) in [5.41, 5.74) is 4.18. The Morgan fingerprint density at radius 1 is 1.14 bits per heavy atom. The highest BCUT2D eigenvalue weighted by Crippen LogP contribution is 2.25. The number of H-pyrrole nitrogens is 1. The minimum atomic E-state index is -3.49. The molecular formula is C21H23N3O3S. The average Bonchev–Trinajstić information content (AvgIpc) is 3.09. The molecule has 0 saturated carbocycles. The van der Waals surface area contributed by atoms with Crippen LogP contribution in [0.5, 0.6) is 0 Å². The number of hydrogen-bond acceptors (Lipinski definition) is 3. The van der Waals surface area contributed by atoms with Crippen molar-refractivity contribution in [1.29, 1.82) is 0 Å². The maximum atomic E-state index is 12.8. The highest BCUT2D eigenvalue weighted by atomic mass is 32.2. The Morgan fingerprint density at radius 3 is 2.64 bits per heavy atom. The van der Waals surface area contributed by atoms with E-state index in [0.717, 1.165) is 33.8 Å². The van der Waals surface area contributed by atoms with Gasteiger partial charge in [-0.3, -0.25) is 4.79 Å². The van der Waals surface area contributed by atoms with E-state index in [-0.39, 0.29) is 12.5 Å². The zero-order chi connectivity index (χ0) is 19.7. The van der Waals surface area contributed by atoms with Gasteiger partial charge in [-0.2, -0.15) is 4.31 Å². The fourth-order valence-electron chi connectivity index (χ4n) is 3.85. The largest absolute Gasteiger partial charge is 0.361 e. The average molecular weight is 398 g/mol. The van der Waals surface area contributed by atoms with Gasteiger partial charge in [-0.15, -0.1) is 0 Å². The molecule has 1 aromatic heterocycles. The third-order valence-electron chi connectivity index (χ3n) is 5.30. The molecule has 2 N–H and O–H groups in total. The van der Waals surface area contributed by atoms with E-state index < -0.39 is 16.1 Å². The van der Waals surface area contributed by atoms with Crippen LogP contribution in [0.3, 0.4) is 0 Å². The number of fused-ring (bicyclic) bond motifs is 2. The first-order chi connectivity index (χ1) is 13.4. The van der Waals surface area contributed by atoms with Gasteiger partial charge in [-0.05, 0) is 35.6 Å². The highest BCUT2D eigenvalue weighted by Gasteiger charge is 2.36. The summed E-state index contributed by atoms with van der Waals surface area (Å²) in [5.74, 6) is -0.250. The molecule has 0 saturated heterocycles. The number of hydrogen-bond donors (Lipinski definition) is 2. The van der Waals surface area contributed by atoms with Crippen molar-refractivity contribution in [2.75, 3.05) is 12.8 Å². The summed E-state index contributed by atoms with van der Waals surface area (Å²) in [6, 6.07) is 15.0. The number of aromatic nitrogens is 1. The van der Waals surface area contributed by atoms with Crippen LogP contribution in [-0.4, -0.2) is 42.5 Å². The number of benzene rings is 2. The molecule has 7 heteroatoms. The Morgan fingerprint density at radius 2 is 1.86 bits per heavy atom. The van der Waals surface area contributed by atoms with Crippen LogP contribution in [0.15, 0.2) is 54.7 Å². The summed E-state index contributed by atoms with van der Waals surface area (Å²) in [4.78, 5) is 16.1. The van der Waals surface area contributed by atoms with Crippen molar-refractivity contribution in [3.8, 4) is 0 Å². The molecule has 1 amide bonds. The van der Waals surface area contributed by atoms with Crippen LogP contribution in [0.2, 0.25) is 0 Å². The fraction of sp³-hybridized carbons (Fsp3) is 0.286. The zero-order valence-electron chi connectivity index (χ0n) is 15.7. The second-order valence-electron chi connectivity index (χ2n) is 7.20. The van der Waals surface area contributed by atoms with Crippen LogP contribution in [0.4, 0.5) is 0 Å². The summed E-state index contributed by atoms with van der Waals surface area (Å²) in [6.07, 6.45) is 4.18. The van der Waals surface area contributed by atoms with Gasteiger partial charge in [-0.25, -0.2) is 8.42 Å². The molecule has 0 spiro atoms. The van der Waals surface area contributed by atoms with E-state index in [0.29, 0.717) is 19.4 Å². The van der Waals surface area contributed by atoms with Crippen molar-refractivity contribution in [3.05, 3.63) is 71.4 Å². The monoisotopic (exact) mass is 397 g/mol. The Labute approximate surface area is 164 Å². The third kappa shape index (κ3) is 3.68. The SMILES string of the molecule is CS(=O)(=O)N1Cc2ccccc2C[C@H]1C(=O)NCCc1c[nH]c2ccccc12. The molecule has 6 nitrogen and oxygen atoms in total. The van der Waals surface area contributed by atoms with E-state index in [1.54, 1.807) is 0 Å². The molecule has 2 aromatic carbocycles. The maximum absolute atomic E-state index is 12.8. The molecular weight excluding hydrogens is 374 g/mol. The Hall–Kier alpha value is -2.64. The summed E-state index contributed by atoms with van der Waals surface area (Å²) >= 11 is 0. The van der Waals surface area contributed by atoms with E-state index in [2.05, 4.69) is 10.3 Å². The van der Waals surface area contributed by atoms with Gasteiger partial charge in [0.1, 0.15) is 6.04 Å². The van der Waals surface area contributed by atoms with E-state index in [1.165, 1.54) is 4.31 Å². The lowest BCUT2D eigenvalue weighted by Crippen LogP contribution is -2.52. The number of aromatic amines is 1. The summed E-state index contributed by atoms with van der Waals surface area (Å²) in [5, 5.41) is 4.07. The molecule has 0 aliphatic carbocycles. The van der Waals surface area contributed by atoms with Crippen molar-refractivity contribution < 1.29 is 13.2 Å². The van der Waals surface area contributed by atoms with E-state index >= 15 is 0 Å². The quantitative estimate of drug-likeness (QED) is 0.693. The van der Waals surface area contributed by atoms with Crippen molar-refractivity contribution in [2.24, 2.45) is 0 Å². The van der Waals surface area contributed by atoms with Gasteiger partial charge in [0, 0.05) is 30.2 Å². The van der Waals surface area contributed by atoms with Gasteiger partial charge in [-0.1, -0.05) is 42.5 Å². The van der Waals surface area contributed by atoms with Crippen LogP contribution in [0.1, 0.15) is 16.7 Å². The topological polar surface area (TPSA) is 82.3 Å². The second kappa shape index (κ2) is 7.41. The molecule has 1 aliphatic rings. The first-order valence-corrected chi connectivity index (χ1v) is 11.1. The minimum Gasteiger partial charge on any atom is -0.361 e. The van der Waals surface area contributed by atoms with Crippen LogP contribution in [-0.2, 0) is 34.2 Å². The van der Waals surface area contributed by atoms with Crippen molar-refractivity contribution >= 4 is 26.8 Å². The summed E-state index contributed by atoms with van der Waals surface area (Å²) < 4.78 is 25.8. The predicted molar refractivity (Wildman–Crippen MR) is 109 cm³/mol. The van der Waals surface area contributed by atoms with Gasteiger partial charge >= 0.3 is 0 Å². The van der Waals surface area contributed by atoms with Crippen molar-refractivity contribution in [1.82, 2.24) is 14.6 Å². The van der Waals surface area contributed by atoms with Crippen molar-refractivity contribution in [3.63, 3.8) is 0 Å². The van der Waals surface area contributed by atoms with Gasteiger partial charge in [0.25, 0.3) is 0 Å². The number of para-hydroxylation sites is 1. The molecule has 28 heavy (non-hydrogen) atoms. The number of rotatable bonds is 5. The first kappa shape index (κ1) is 18.7. The molecule has 4 rings (SSSR count). The van der Waals surface area contributed by atoms with Crippen LogP contribution in [0, 0.1) is 0 Å². The van der Waals surface area contributed by atoms with Gasteiger partial charge < -0.3 is 10.3 Å². The Bertz CT molecular complexity index is 1120. The van der Waals surface area contributed by atoms with Crippen LogP contribution < -0.4 is 5.32 Å². The zero-order valence-corrected chi connectivity index (χ0v) is 16.5. The Kier molecular flexibility index (Phi) is 4.95. The van der Waals surface area contributed by atoms with E-state index in [4.69, 9.17) is 0 Å². The molecule has 0 unspecified atom stereocenters. The molecule has 146 valence electrons. The lowest BCUT2D eigenvalue weighted by Gasteiger charge is -2.34. The van der Waals surface area contributed by atoms with E-state index in [1.807, 2.05) is 54.7 Å². The van der Waals surface area contributed by atoms with Crippen molar-refractivity contribution in [2.45, 2.75) is 25.4 Å². The Balaban J connectivity index is 1.47. The first-order valence-electron chi connectivity index (χ1n) is 9.30. The lowest BCUT2D eigenvalue weighted by molar-refractivity contribution is -0.125. The second-order valence-corrected chi connectivity index (χ2v) is 9.13. The molecule has 0 radical (unpaired) electrons. The maximum Gasteiger partial charge on any atom is 0.238 e. The van der Waals surface area contributed by atoms with E-state index in [9.17, 15) is 13.2 Å². The van der Waals surface area contributed by atoms with Crippen LogP contribution >= 0.6 is 0 Å². The number of sulfonamides is 1. The number of nitrogens with one attached hydrogen (secondary N) is 2. The molecule has 0 bridgehead atoms. The standard InChI is InChI=1S/C21H23N3O3S/c1-28(26,27)24-14-17-7-3-2-6-15(17)12-20(24)21(25)22-11-10-16-13-23-19-9-5-4-8-18(16)19/h2-9,13,20,23H,10-12,14H2,1H3,(H,22,25)/t20-/m0/s1. The molecule has 3 aromatic rings. The smallest absolute Gasteiger partial charge is 0.238 e. The predicted octanol–water partition coefficient (Wildman–Crippen LogP) is 2.21. The number of carbonyl (C=O) groups excluding carboxylic acids is 1. The molecule has 1 atom stereocenters. The van der Waals surface area contributed by atoms with Gasteiger partial charge in [0.2, 0.25) is 15.9 Å². The number of nitrogens with zero attached hydrogens (tertiary/aromatic N) is 1. The normalized spacial score (nSPS) is 17.4. The fourth-order valence-corrected chi connectivity index (χ4v) is 4.85. The third-order valence-corrected chi connectivity index (χ3v) is 6.54. The lowest BCUT2D eigenvalue weighted by atomic mass is 9.95. The molecule has 0 fully saturated rings. The highest BCUT2D eigenvalue weighted by molar-refractivity contribution is 7.88. The van der Waals surface area contributed by atoms with Gasteiger partial charge in [0.15, 0.2) is 0 Å².